The molecule has 0 aliphatic carbocycles. The summed E-state index contributed by atoms with van der Waals surface area (Å²) in [4.78, 5) is 11.3. The molecule has 2 aromatic carbocycles. The molecule has 4 nitrogen and oxygen atoms in total. The van der Waals surface area contributed by atoms with Crippen LogP contribution >= 0.6 is 0 Å². The number of rotatable bonds is 7. The van der Waals surface area contributed by atoms with Crippen molar-refractivity contribution in [3.8, 4) is 11.5 Å². The quantitative estimate of drug-likeness (QED) is 0.451. The van der Waals surface area contributed by atoms with Crippen LogP contribution in [0.15, 0.2) is 48.5 Å². The molecule has 0 radical (unpaired) electrons. The first-order valence-corrected chi connectivity index (χ1v) is 12.1. The fraction of sp³-hybridized carbons (Fsp3) is 0.409. The van der Waals surface area contributed by atoms with Crippen molar-refractivity contribution >= 4 is 14.3 Å². The van der Waals surface area contributed by atoms with E-state index in [9.17, 15) is 4.79 Å². The lowest BCUT2D eigenvalue weighted by atomic mass is 10.2. The minimum Gasteiger partial charge on any atom is -0.543 e. The van der Waals surface area contributed by atoms with Gasteiger partial charge in [0.2, 0.25) is 8.32 Å². The fourth-order valence-electron chi connectivity index (χ4n) is 2.21. The van der Waals surface area contributed by atoms with Gasteiger partial charge in [-0.3, -0.25) is 4.79 Å². The Balaban J connectivity index is 2.21. The van der Waals surface area contributed by atoms with Gasteiger partial charge in [-0.2, -0.15) is 0 Å². The van der Waals surface area contributed by atoms with Crippen molar-refractivity contribution in [3.05, 3.63) is 59.7 Å². The second-order valence-electron chi connectivity index (χ2n) is 8.19. The Labute approximate surface area is 163 Å². The molecule has 27 heavy (non-hydrogen) atoms. The van der Waals surface area contributed by atoms with E-state index in [1.165, 1.54) is 6.92 Å². The van der Waals surface area contributed by atoms with Crippen molar-refractivity contribution in [1.29, 1.82) is 0 Å². The second kappa shape index (κ2) is 8.61. The van der Waals surface area contributed by atoms with Crippen molar-refractivity contribution in [3.63, 3.8) is 0 Å². The molecule has 146 valence electrons. The first kappa shape index (κ1) is 21.0. The van der Waals surface area contributed by atoms with E-state index in [0.717, 1.165) is 22.6 Å². The number of hydrogen-bond acceptors (Lipinski definition) is 4. The smallest absolute Gasteiger partial charge is 0.302 e. The van der Waals surface area contributed by atoms with Gasteiger partial charge in [0.1, 0.15) is 24.7 Å². The molecule has 0 aliphatic rings. The predicted molar refractivity (Wildman–Crippen MR) is 111 cm³/mol. The molecule has 0 amide bonds. The maximum absolute atomic E-state index is 11.3. The predicted octanol–water partition coefficient (Wildman–Crippen LogP) is 5.71. The molecule has 0 saturated carbocycles. The number of esters is 1. The van der Waals surface area contributed by atoms with E-state index in [1.54, 1.807) is 0 Å². The third-order valence-corrected chi connectivity index (χ3v) is 9.23. The first-order valence-electron chi connectivity index (χ1n) is 9.20. The molecule has 0 saturated heterocycles. The number of ether oxygens (including phenoxy) is 2. The van der Waals surface area contributed by atoms with E-state index in [2.05, 4.69) is 33.9 Å². The number of hydrogen-bond donors (Lipinski definition) is 0. The van der Waals surface area contributed by atoms with E-state index >= 15 is 0 Å². The van der Waals surface area contributed by atoms with Crippen molar-refractivity contribution in [2.24, 2.45) is 0 Å². The van der Waals surface area contributed by atoms with Gasteiger partial charge >= 0.3 is 5.97 Å². The van der Waals surface area contributed by atoms with Gasteiger partial charge in [0.25, 0.3) is 0 Å². The van der Waals surface area contributed by atoms with Crippen LogP contribution in [0.3, 0.4) is 0 Å². The largest absolute Gasteiger partial charge is 0.543 e. The Hall–Kier alpha value is -2.27. The lowest BCUT2D eigenvalue weighted by molar-refractivity contribution is -0.142. The van der Waals surface area contributed by atoms with Crippen LogP contribution in [0.1, 0.15) is 38.8 Å². The maximum atomic E-state index is 11.3. The van der Waals surface area contributed by atoms with E-state index in [1.807, 2.05) is 48.5 Å². The minimum atomic E-state index is -2.00. The summed E-state index contributed by atoms with van der Waals surface area (Å²) >= 11 is 0. The molecule has 2 rings (SSSR count). The molecule has 5 heteroatoms. The summed E-state index contributed by atoms with van der Waals surface area (Å²) in [5.41, 5.74) is 1.92. The summed E-state index contributed by atoms with van der Waals surface area (Å²) in [6.07, 6.45) is 0. The average molecular weight is 387 g/mol. The molecule has 0 N–H and O–H groups in total. The van der Waals surface area contributed by atoms with Crippen molar-refractivity contribution < 1.29 is 18.7 Å². The highest BCUT2D eigenvalue weighted by Gasteiger charge is 2.39. The molecule has 0 atom stereocenters. The number of carbonyl (C=O) groups excluding carboxylic acids is 1. The standard InChI is InChI=1S/C22H30O4Si/c1-17(23)24-16-19-14-20(25-15-18-10-8-7-9-11-18)12-13-21(19)26-27(5,6)22(2,3)4/h7-14H,15-16H2,1-6H3. The van der Waals surface area contributed by atoms with Crippen molar-refractivity contribution in [2.75, 3.05) is 0 Å². The highest BCUT2D eigenvalue weighted by atomic mass is 28.4. The van der Waals surface area contributed by atoms with Crippen LogP contribution in [0.25, 0.3) is 0 Å². The Kier molecular flexibility index (Phi) is 6.71. The van der Waals surface area contributed by atoms with E-state index in [-0.39, 0.29) is 17.6 Å². The molecule has 0 aromatic heterocycles. The summed E-state index contributed by atoms with van der Waals surface area (Å²) in [5.74, 6) is 1.17. The topological polar surface area (TPSA) is 44.8 Å². The summed E-state index contributed by atoms with van der Waals surface area (Å²) < 4.78 is 17.6. The molecular weight excluding hydrogens is 356 g/mol. The molecule has 0 heterocycles. The summed E-state index contributed by atoms with van der Waals surface area (Å²) in [5, 5.41) is 0.0776. The van der Waals surface area contributed by atoms with Crippen LogP contribution in [0.4, 0.5) is 0 Å². The Morgan fingerprint density at radius 2 is 1.67 bits per heavy atom. The van der Waals surface area contributed by atoms with Gasteiger partial charge in [0.05, 0.1) is 0 Å². The SMILES string of the molecule is CC(=O)OCc1cc(OCc2ccccc2)ccc1O[Si](C)(C)C(C)(C)C. The van der Waals surface area contributed by atoms with E-state index < -0.39 is 8.32 Å². The highest BCUT2D eigenvalue weighted by molar-refractivity contribution is 6.74. The summed E-state index contributed by atoms with van der Waals surface area (Å²) in [6, 6.07) is 15.7. The second-order valence-corrected chi connectivity index (χ2v) is 12.9. The van der Waals surface area contributed by atoms with Crippen LogP contribution in [-0.2, 0) is 22.7 Å². The monoisotopic (exact) mass is 386 g/mol. The molecule has 2 aromatic rings. The molecular formula is C22H30O4Si. The minimum absolute atomic E-state index is 0.0776. The lowest BCUT2D eigenvalue weighted by Gasteiger charge is -2.37. The summed E-state index contributed by atoms with van der Waals surface area (Å²) in [7, 11) is -2.00. The highest BCUT2D eigenvalue weighted by Crippen LogP contribution is 2.39. The van der Waals surface area contributed by atoms with Gasteiger partial charge in [0.15, 0.2) is 0 Å². The Morgan fingerprint density at radius 1 is 1.00 bits per heavy atom. The molecule has 0 bridgehead atoms. The van der Waals surface area contributed by atoms with Gasteiger partial charge in [-0.1, -0.05) is 51.1 Å². The van der Waals surface area contributed by atoms with Crippen molar-refractivity contribution in [2.45, 2.75) is 59.0 Å². The van der Waals surface area contributed by atoms with E-state index in [0.29, 0.717) is 6.61 Å². The van der Waals surface area contributed by atoms with E-state index in [4.69, 9.17) is 13.9 Å². The van der Waals surface area contributed by atoms with Gasteiger partial charge in [-0.15, -0.1) is 0 Å². The maximum Gasteiger partial charge on any atom is 0.302 e. The summed E-state index contributed by atoms with van der Waals surface area (Å²) in [6.45, 7) is 13.0. The zero-order chi connectivity index (χ0) is 20.1. The molecule has 0 spiro atoms. The van der Waals surface area contributed by atoms with Gasteiger partial charge in [-0.05, 0) is 41.9 Å². The van der Waals surface area contributed by atoms with Gasteiger partial charge in [0, 0.05) is 12.5 Å². The third-order valence-electron chi connectivity index (χ3n) is 4.88. The van der Waals surface area contributed by atoms with Crippen molar-refractivity contribution in [1.82, 2.24) is 0 Å². The molecule has 0 unspecified atom stereocenters. The Morgan fingerprint density at radius 3 is 2.26 bits per heavy atom. The van der Waals surface area contributed by atoms with Crippen LogP contribution in [0.2, 0.25) is 18.1 Å². The lowest BCUT2D eigenvalue weighted by Crippen LogP contribution is -2.44. The zero-order valence-corrected chi connectivity index (χ0v) is 18.2. The first-order chi connectivity index (χ1) is 12.6. The van der Waals surface area contributed by atoms with Gasteiger partial charge in [-0.25, -0.2) is 0 Å². The zero-order valence-electron chi connectivity index (χ0n) is 17.2. The molecule has 0 fully saturated rings. The van der Waals surface area contributed by atoms with Crippen LogP contribution < -0.4 is 9.16 Å². The molecule has 0 aliphatic heterocycles. The van der Waals surface area contributed by atoms with Crippen LogP contribution in [-0.4, -0.2) is 14.3 Å². The number of benzene rings is 2. The third kappa shape index (κ3) is 6.14. The fourth-order valence-corrected chi connectivity index (χ4v) is 3.26. The van der Waals surface area contributed by atoms with Crippen LogP contribution in [0, 0.1) is 0 Å². The Bertz CT molecular complexity index is 764. The number of carbonyl (C=O) groups is 1. The van der Waals surface area contributed by atoms with Crippen LogP contribution in [0.5, 0.6) is 11.5 Å². The van der Waals surface area contributed by atoms with Gasteiger partial charge < -0.3 is 13.9 Å². The average Bonchev–Trinajstić information content (AvgIpc) is 2.59. The normalized spacial score (nSPS) is 11.8.